The maximum absolute atomic E-state index is 12.9. The molecule has 10 heteroatoms. The number of hydrogen-bond donors (Lipinski definition) is 3. The van der Waals surface area contributed by atoms with Crippen LogP contribution in [0.25, 0.3) is 5.82 Å². The van der Waals surface area contributed by atoms with E-state index in [1.54, 1.807) is 53.5 Å². The zero-order chi connectivity index (χ0) is 25.1. The number of fused-ring (bicyclic) bond motifs is 1. The summed E-state index contributed by atoms with van der Waals surface area (Å²) in [6.45, 7) is 2.67. The van der Waals surface area contributed by atoms with E-state index in [9.17, 15) is 9.90 Å². The summed E-state index contributed by atoms with van der Waals surface area (Å²) in [6.07, 6.45) is 5.15. The maximum atomic E-state index is 12.9. The zero-order valence-electron chi connectivity index (χ0n) is 19.4. The number of ether oxygens (including phenoxy) is 2. The molecule has 0 aliphatic carbocycles. The first-order chi connectivity index (χ1) is 17.5. The monoisotopic (exact) mass is 505 g/mol. The highest BCUT2D eigenvalue weighted by atomic mass is 35.5. The third-order valence-corrected chi connectivity index (χ3v) is 5.92. The highest BCUT2D eigenvalue weighted by Gasteiger charge is 2.18. The number of benzene rings is 2. The fourth-order valence-electron chi connectivity index (χ4n) is 3.87. The number of carbonyl (C=O) groups excluding carboxylic acids is 1. The number of anilines is 2. The van der Waals surface area contributed by atoms with Gasteiger partial charge in [-0.15, -0.1) is 0 Å². The number of halogens is 1. The summed E-state index contributed by atoms with van der Waals surface area (Å²) in [4.78, 5) is 21.9. The molecule has 1 unspecified atom stereocenters. The van der Waals surface area contributed by atoms with E-state index in [0.29, 0.717) is 47.1 Å². The highest BCUT2D eigenvalue weighted by molar-refractivity contribution is 6.30. The lowest BCUT2D eigenvalue weighted by Crippen LogP contribution is -2.30. The Morgan fingerprint density at radius 1 is 1.17 bits per heavy atom. The molecule has 1 aliphatic heterocycles. The van der Waals surface area contributed by atoms with Crippen LogP contribution in [0.2, 0.25) is 5.02 Å². The average Bonchev–Trinajstić information content (AvgIpc) is 3.38. The van der Waals surface area contributed by atoms with Crippen molar-refractivity contribution in [3.05, 3.63) is 88.8 Å². The number of amides is 1. The molecule has 1 amide bonds. The predicted octanol–water partition coefficient (Wildman–Crippen LogP) is 4.21. The van der Waals surface area contributed by atoms with Gasteiger partial charge in [-0.3, -0.25) is 4.79 Å². The summed E-state index contributed by atoms with van der Waals surface area (Å²) in [6, 6.07) is 13.7. The van der Waals surface area contributed by atoms with Crippen LogP contribution in [0.15, 0.2) is 67.1 Å². The fraction of sp³-hybridized carbons (Fsp3) is 0.192. The van der Waals surface area contributed by atoms with Crippen molar-refractivity contribution in [2.24, 2.45) is 0 Å². The summed E-state index contributed by atoms with van der Waals surface area (Å²) in [5.74, 6) is 2.06. The highest BCUT2D eigenvalue weighted by Crippen LogP contribution is 2.33. The van der Waals surface area contributed by atoms with E-state index in [-0.39, 0.29) is 12.5 Å². The number of carbonyl (C=O) groups is 1. The Kier molecular flexibility index (Phi) is 6.75. The largest absolute Gasteiger partial charge is 0.486 e. The summed E-state index contributed by atoms with van der Waals surface area (Å²) in [7, 11) is 0. The van der Waals surface area contributed by atoms with Crippen molar-refractivity contribution in [2.45, 2.75) is 13.0 Å². The summed E-state index contributed by atoms with van der Waals surface area (Å²) < 4.78 is 13.0. The standard InChI is InChI=1S/C26H24ClN5O4/c1-16-13-28-26(29-20-5-6-22-23(12-20)36-10-9-35-22)31-24(16)32-8-7-18(14-32)25(34)30-21(15-33)17-3-2-4-19(27)11-17/h2-8,11-14,21,33H,9-10,15H2,1H3,(H,30,34)(H,28,29,31). The topological polar surface area (TPSA) is 111 Å². The minimum absolute atomic E-state index is 0.257. The number of aromatic nitrogens is 3. The molecule has 0 saturated carbocycles. The van der Waals surface area contributed by atoms with Gasteiger partial charge in [0.2, 0.25) is 5.95 Å². The van der Waals surface area contributed by atoms with Crippen LogP contribution in [-0.4, -0.2) is 45.4 Å². The van der Waals surface area contributed by atoms with Crippen molar-refractivity contribution in [3.8, 4) is 17.3 Å². The van der Waals surface area contributed by atoms with Gasteiger partial charge in [0.25, 0.3) is 5.91 Å². The molecule has 3 N–H and O–H groups in total. The van der Waals surface area contributed by atoms with Gasteiger partial charge in [0.05, 0.1) is 18.2 Å². The lowest BCUT2D eigenvalue weighted by Gasteiger charge is -2.19. The van der Waals surface area contributed by atoms with Gasteiger partial charge in [0, 0.05) is 40.9 Å². The SMILES string of the molecule is Cc1cnc(Nc2ccc3c(c2)OCCO3)nc1-n1ccc(C(=O)NC(CO)c2cccc(Cl)c2)c1. The van der Waals surface area contributed by atoms with Crippen molar-refractivity contribution in [3.63, 3.8) is 0 Å². The summed E-state index contributed by atoms with van der Waals surface area (Å²) in [5.41, 5.74) is 2.74. The zero-order valence-corrected chi connectivity index (χ0v) is 20.2. The van der Waals surface area contributed by atoms with Crippen LogP contribution in [-0.2, 0) is 0 Å². The Morgan fingerprint density at radius 2 is 2.00 bits per heavy atom. The van der Waals surface area contributed by atoms with Crippen LogP contribution in [0, 0.1) is 6.92 Å². The fourth-order valence-corrected chi connectivity index (χ4v) is 4.07. The number of nitrogens with one attached hydrogen (secondary N) is 2. The average molecular weight is 506 g/mol. The van der Waals surface area contributed by atoms with Gasteiger partial charge in [0.15, 0.2) is 11.5 Å². The Balaban J connectivity index is 1.33. The minimum atomic E-state index is -0.581. The number of aliphatic hydroxyl groups excluding tert-OH is 1. The van der Waals surface area contributed by atoms with E-state index in [1.807, 2.05) is 25.1 Å². The molecule has 1 aliphatic rings. The molecule has 184 valence electrons. The molecule has 5 rings (SSSR count). The first-order valence-electron chi connectivity index (χ1n) is 11.4. The number of nitrogens with zero attached hydrogens (tertiary/aromatic N) is 3. The van der Waals surface area contributed by atoms with Gasteiger partial charge in [-0.05, 0) is 42.8 Å². The quantitative estimate of drug-likeness (QED) is 0.345. The molecule has 0 fully saturated rings. The summed E-state index contributed by atoms with van der Waals surface area (Å²) >= 11 is 6.05. The van der Waals surface area contributed by atoms with E-state index < -0.39 is 6.04 Å². The van der Waals surface area contributed by atoms with E-state index in [4.69, 9.17) is 21.1 Å². The first-order valence-corrected chi connectivity index (χ1v) is 11.7. The Morgan fingerprint density at radius 3 is 2.81 bits per heavy atom. The molecule has 1 atom stereocenters. The Bertz CT molecular complexity index is 1410. The van der Waals surface area contributed by atoms with E-state index in [0.717, 1.165) is 16.8 Å². The molecule has 9 nitrogen and oxygen atoms in total. The maximum Gasteiger partial charge on any atom is 0.253 e. The van der Waals surface area contributed by atoms with Crippen LogP contribution >= 0.6 is 11.6 Å². The molecular formula is C26H24ClN5O4. The molecule has 0 bridgehead atoms. The molecule has 0 radical (unpaired) electrons. The minimum Gasteiger partial charge on any atom is -0.486 e. The molecule has 2 aromatic carbocycles. The molecule has 4 aromatic rings. The third-order valence-electron chi connectivity index (χ3n) is 5.68. The number of aliphatic hydroxyl groups is 1. The van der Waals surface area contributed by atoms with Crippen molar-refractivity contribution in [1.29, 1.82) is 0 Å². The molecule has 2 aromatic heterocycles. The second kappa shape index (κ2) is 10.3. The van der Waals surface area contributed by atoms with Gasteiger partial charge in [-0.2, -0.15) is 4.98 Å². The molecule has 3 heterocycles. The van der Waals surface area contributed by atoms with E-state index >= 15 is 0 Å². The molecule has 0 spiro atoms. The van der Waals surface area contributed by atoms with Crippen LogP contribution < -0.4 is 20.1 Å². The van der Waals surface area contributed by atoms with E-state index in [1.165, 1.54) is 0 Å². The Labute approximate surface area is 212 Å². The van der Waals surface area contributed by atoms with Crippen molar-refractivity contribution >= 4 is 29.1 Å². The van der Waals surface area contributed by atoms with Crippen molar-refractivity contribution in [1.82, 2.24) is 19.9 Å². The lowest BCUT2D eigenvalue weighted by molar-refractivity contribution is 0.0916. The predicted molar refractivity (Wildman–Crippen MR) is 136 cm³/mol. The lowest BCUT2D eigenvalue weighted by atomic mass is 10.1. The normalized spacial score (nSPS) is 13.2. The number of rotatable bonds is 7. The van der Waals surface area contributed by atoms with Gasteiger partial charge in [-0.25, -0.2) is 4.98 Å². The molecule has 36 heavy (non-hydrogen) atoms. The van der Waals surface area contributed by atoms with Gasteiger partial charge >= 0.3 is 0 Å². The number of aryl methyl sites for hydroxylation is 1. The first kappa shape index (κ1) is 23.7. The van der Waals surface area contributed by atoms with Crippen molar-refractivity contribution < 1.29 is 19.4 Å². The third kappa shape index (κ3) is 5.12. The second-order valence-corrected chi connectivity index (χ2v) is 8.69. The van der Waals surface area contributed by atoms with Gasteiger partial charge in [-0.1, -0.05) is 23.7 Å². The number of hydrogen-bond acceptors (Lipinski definition) is 7. The van der Waals surface area contributed by atoms with Crippen LogP contribution in [0.1, 0.15) is 27.5 Å². The van der Waals surface area contributed by atoms with Crippen molar-refractivity contribution in [2.75, 3.05) is 25.1 Å². The molecule has 0 saturated heterocycles. The van der Waals surface area contributed by atoms with Crippen LogP contribution in [0.5, 0.6) is 11.5 Å². The van der Waals surface area contributed by atoms with Gasteiger partial charge < -0.3 is 29.8 Å². The second-order valence-electron chi connectivity index (χ2n) is 8.25. The van der Waals surface area contributed by atoms with Crippen LogP contribution in [0.4, 0.5) is 11.6 Å². The van der Waals surface area contributed by atoms with E-state index in [2.05, 4.69) is 20.6 Å². The van der Waals surface area contributed by atoms with Crippen LogP contribution in [0.3, 0.4) is 0 Å². The summed E-state index contributed by atoms with van der Waals surface area (Å²) in [5, 5.41) is 16.4. The molecular weight excluding hydrogens is 482 g/mol. The Hall–Kier alpha value is -4.08. The smallest absolute Gasteiger partial charge is 0.253 e. The van der Waals surface area contributed by atoms with Gasteiger partial charge in [0.1, 0.15) is 19.0 Å².